The largest absolute Gasteiger partial charge is 0.480 e. The Labute approximate surface area is 127 Å². The average molecular weight is 381 g/mol. The third-order valence-corrected chi connectivity index (χ3v) is 5.74. The fourth-order valence-corrected chi connectivity index (χ4v) is 4.44. The predicted molar refractivity (Wildman–Crippen MR) is 72.4 cm³/mol. The minimum absolute atomic E-state index is 0.0439. The van der Waals surface area contributed by atoms with E-state index < -0.39 is 40.3 Å². The quantitative estimate of drug-likeness (QED) is 0.777. The molecule has 1 aliphatic rings. The predicted octanol–water partition coefficient (Wildman–Crippen LogP) is 0.162. The van der Waals surface area contributed by atoms with Crippen LogP contribution in [-0.4, -0.2) is 48.8 Å². The lowest BCUT2D eigenvalue weighted by Crippen LogP contribution is -2.59. The number of nitrogens with zero attached hydrogens (tertiary/aromatic N) is 1. The van der Waals surface area contributed by atoms with E-state index in [1.54, 1.807) is 0 Å². The number of carbonyl (C=O) groups excluding carboxylic acids is 1. The summed E-state index contributed by atoms with van der Waals surface area (Å²) in [6.45, 7) is -0.935. The number of sulfonamides is 1. The lowest BCUT2D eigenvalue weighted by molar-refractivity contribution is -0.143. The van der Waals surface area contributed by atoms with Crippen LogP contribution in [0.5, 0.6) is 0 Å². The summed E-state index contributed by atoms with van der Waals surface area (Å²) in [7, 11) is -4.26. The molecule has 1 amide bonds. The van der Waals surface area contributed by atoms with Gasteiger partial charge in [-0.25, -0.2) is 12.8 Å². The number of aliphatic carboxylic acids is 1. The van der Waals surface area contributed by atoms with Crippen LogP contribution in [0.25, 0.3) is 0 Å². The summed E-state index contributed by atoms with van der Waals surface area (Å²) in [5, 5.41) is 11.4. The van der Waals surface area contributed by atoms with Crippen molar-refractivity contribution in [3.63, 3.8) is 0 Å². The molecule has 1 aromatic rings. The van der Waals surface area contributed by atoms with E-state index in [-0.39, 0.29) is 15.9 Å². The maximum absolute atomic E-state index is 13.0. The van der Waals surface area contributed by atoms with Crippen molar-refractivity contribution in [1.29, 1.82) is 0 Å². The monoisotopic (exact) mass is 380 g/mol. The number of nitrogens with one attached hydrogen (secondary N) is 1. The van der Waals surface area contributed by atoms with E-state index in [0.29, 0.717) is 4.31 Å². The molecule has 0 aliphatic carbocycles. The van der Waals surface area contributed by atoms with Crippen molar-refractivity contribution in [2.45, 2.75) is 10.9 Å². The van der Waals surface area contributed by atoms with E-state index in [2.05, 4.69) is 21.2 Å². The fraction of sp³-hybridized carbons (Fsp3) is 0.273. The van der Waals surface area contributed by atoms with Crippen molar-refractivity contribution in [3.05, 3.63) is 28.5 Å². The number of benzene rings is 1. The SMILES string of the molecule is O=C1CN(S(=O)(=O)c2ccc(F)cc2Br)C(C(=O)O)CN1. The summed E-state index contributed by atoms with van der Waals surface area (Å²) < 4.78 is 38.6. The molecular weight excluding hydrogens is 371 g/mol. The maximum Gasteiger partial charge on any atom is 0.323 e. The van der Waals surface area contributed by atoms with Gasteiger partial charge in [0.1, 0.15) is 11.9 Å². The van der Waals surface area contributed by atoms with Crippen molar-refractivity contribution >= 4 is 37.8 Å². The first-order valence-electron chi connectivity index (χ1n) is 5.70. The first-order valence-corrected chi connectivity index (χ1v) is 7.93. The Morgan fingerprint density at radius 1 is 1.48 bits per heavy atom. The second-order valence-electron chi connectivity index (χ2n) is 4.28. The zero-order valence-electron chi connectivity index (χ0n) is 10.4. The lowest BCUT2D eigenvalue weighted by atomic mass is 10.2. The van der Waals surface area contributed by atoms with Gasteiger partial charge in [-0.05, 0) is 34.1 Å². The Morgan fingerprint density at radius 3 is 2.71 bits per heavy atom. The van der Waals surface area contributed by atoms with Crippen molar-refractivity contribution in [1.82, 2.24) is 9.62 Å². The molecule has 1 aromatic carbocycles. The molecule has 1 atom stereocenters. The second-order valence-corrected chi connectivity index (χ2v) is 7.00. The molecular formula is C11H10BrFN2O5S. The van der Waals surface area contributed by atoms with Crippen LogP contribution < -0.4 is 5.32 Å². The summed E-state index contributed by atoms with van der Waals surface area (Å²) in [6.07, 6.45) is 0. The van der Waals surface area contributed by atoms with Gasteiger partial charge in [-0.2, -0.15) is 4.31 Å². The summed E-state index contributed by atoms with van der Waals surface area (Å²) in [4.78, 5) is 22.2. The van der Waals surface area contributed by atoms with Gasteiger partial charge in [-0.3, -0.25) is 9.59 Å². The summed E-state index contributed by atoms with van der Waals surface area (Å²) >= 11 is 2.93. The molecule has 21 heavy (non-hydrogen) atoms. The van der Waals surface area contributed by atoms with Crippen molar-refractivity contribution < 1.29 is 27.5 Å². The van der Waals surface area contributed by atoms with Gasteiger partial charge in [0, 0.05) is 11.0 Å². The fourth-order valence-electron chi connectivity index (χ4n) is 1.89. The number of piperazine rings is 1. The van der Waals surface area contributed by atoms with Crippen molar-refractivity contribution in [2.24, 2.45) is 0 Å². The van der Waals surface area contributed by atoms with Crippen LogP contribution in [0.15, 0.2) is 27.6 Å². The van der Waals surface area contributed by atoms with E-state index in [9.17, 15) is 22.4 Å². The van der Waals surface area contributed by atoms with Gasteiger partial charge in [0.05, 0.1) is 11.4 Å². The first-order chi connectivity index (χ1) is 9.73. The molecule has 2 N–H and O–H groups in total. The number of hydrogen-bond acceptors (Lipinski definition) is 4. The number of rotatable bonds is 3. The van der Waals surface area contributed by atoms with Crippen LogP contribution in [0, 0.1) is 5.82 Å². The van der Waals surface area contributed by atoms with Gasteiger partial charge in [0.25, 0.3) is 0 Å². The molecule has 0 bridgehead atoms. The summed E-state index contributed by atoms with van der Waals surface area (Å²) in [6, 6.07) is 1.49. The molecule has 1 fully saturated rings. The van der Waals surface area contributed by atoms with E-state index in [0.717, 1.165) is 18.2 Å². The van der Waals surface area contributed by atoms with Gasteiger partial charge >= 0.3 is 5.97 Å². The number of halogens is 2. The normalized spacial score (nSPS) is 20.1. The molecule has 0 saturated carbocycles. The highest BCUT2D eigenvalue weighted by Gasteiger charge is 2.41. The Hall–Kier alpha value is -1.52. The van der Waals surface area contributed by atoms with Crippen LogP contribution in [0.3, 0.4) is 0 Å². The summed E-state index contributed by atoms with van der Waals surface area (Å²) in [5.41, 5.74) is 0. The van der Waals surface area contributed by atoms with E-state index in [1.807, 2.05) is 0 Å². The molecule has 114 valence electrons. The molecule has 0 aromatic heterocycles. The van der Waals surface area contributed by atoms with Crippen LogP contribution in [-0.2, 0) is 19.6 Å². The zero-order valence-corrected chi connectivity index (χ0v) is 12.8. The van der Waals surface area contributed by atoms with E-state index >= 15 is 0 Å². The molecule has 2 rings (SSSR count). The maximum atomic E-state index is 13.0. The van der Waals surface area contributed by atoms with Crippen molar-refractivity contribution in [2.75, 3.05) is 13.1 Å². The number of carboxylic acids is 1. The van der Waals surface area contributed by atoms with Crippen LogP contribution >= 0.6 is 15.9 Å². The molecule has 7 nitrogen and oxygen atoms in total. The third kappa shape index (κ3) is 3.06. The van der Waals surface area contributed by atoms with Gasteiger partial charge in [0.2, 0.25) is 15.9 Å². The molecule has 1 saturated heterocycles. The minimum atomic E-state index is -4.26. The smallest absolute Gasteiger partial charge is 0.323 e. The van der Waals surface area contributed by atoms with Crippen molar-refractivity contribution in [3.8, 4) is 0 Å². The Kier molecular flexibility index (Phi) is 4.30. The highest BCUT2D eigenvalue weighted by atomic mass is 79.9. The number of amides is 1. The molecule has 1 unspecified atom stereocenters. The Bertz CT molecular complexity index is 709. The van der Waals surface area contributed by atoms with E-state index in [4.69, 9.17) is 5.11 Å². The highest BCUT2D eigenvalue weighted by molar-refractivity contribution is 9.10. The third-order valence-electron chi connectivity index (χ3n) is 2.91. The first kappa shape index (κ1) is 15.9. The van der Waals surface area contributed by atoms with Crippen LogP contribution in [0.1, 0.15) is 0 Å². The Balaban J connectivity index is 2.49. The zero-order chi connectivity index (χ0) is 15.8. The topological polar surface area (TPSA) is 104 Å². The highest BCUT2D eigenvalue weighted by Crippen LogP contribution is 2.27. The number of carboxylic acid groups (broad SMARTS) is 1. The van der Waals surface area contributed by atoms with Gasteiger partial charge < -0.3 is 10.4 Å². The molecule has 1 heterocycles. The van der Waals surface area contributed by atoms with Crippen LogP contribution in [0.4, 0.5) is 4.39 Å². The Morgan fingerprint density at radius 2 is 2.14 bits per heavy atom. The molecule has 0 spiro atoms. The minimum Gasteiger partial charge on any atom is -0.480 e. The van der Waals surface area contributed by atoms with Crippen LogP contribution in [0.2, 0.25) is 0 Å². The van der Waals surface area contributed by atoms with Gasteiger partial charge in [-0.1, -0.05) is 0 Å². The molecule has 1 aliphatic heterocycles. The van der Waals surface area contributed by atoms with Gasteiger partial charge in [-0.15, -0.1) is 0 Å². The lowest BCUT2D eigenvalue weighted by Gasteiger charge is -2.31. The van der Waals surface area contributed by atoms with E-state index in [1.165, 1.54) is 0 Å². The molecule has 10 heteroatoms. The standard InChI is InChI=1S/C11H10BrFN2O5S/c12-7-3-6(13)1-2-9(7)21(19,20)15-5-10(16)14-4-8(15)11(17)18/h1-3,8H,4-5H2,(H,14,16)(H,17,18). The second kappa shape index (κ2) is 5.70. The summed E-state index contributed by atoms with van der Waals surface area (Å²) in [5.74, 6) is -2.63. The number of carbonyl (C=O) groups is 2. The van der Waals surface area contributed by atoms with Gasteiger partial charge in [0.15, 0.2) is 0 Å². The average Bonchev–Trinajstić information content (AvgIpc) is 2.37. The number of hydrogen-bond donors (Lipinski definition) is 2. The molecule has 0 radical (unpaired) electrons.